The molecule has 62 valence electrons. The van der Waals surface area contributed by atoms with Crippen LogP contribution in [0, 0.1) is 0 Å². The van der Waals surface area contributed by atoms with Crippen LogP contribution in [0.15, 0.2) is 0 Å². The zero-order chi connectivity index (χ0) is 8.85. The first-order chi connectivity index (χ1) is 5.02. The predicted octanol–water partition coefficient (Wildman–Crippen LogP) is -2.77. The molecule has 0 unspecified atom stereocenters. The van der Waals surface area contributed by atoms with E-state index in [0.29, 0.717) is 0 Å². The number of carboxylic acids is 2. The summed E-state index contributed by atoms with van der Waals surface area (Å²) in [6.07, 6.45) is -1.48. The molecule has 0 aromatic heterocycles. The normalized spacial score (nSPS) is 9.09. The summed E-state index contributed by atoms with van der Waals surface area (Å²) in [5, 5.41) is 19.5. The first kappa shape index (κ1) is 9.61. The van der Waals surface area contributed by atoms with Crippen molar-refractivity contribution < 1.29 is 24.6 Å². The van der Waals surface area contributed by atoms with Crippen LogP contribution >= 0.6 is 0 Å². The lowest BCUT2D eigenvalue weighted by atomic mass is 10.2. The zero-order valence-electron chi connectivity index (χ0n) is 5.66. The molecule has 0 aliphatic rings. The number of hydrogen-bond acceptors (Lipinski definition) is 5. The van der Waals surface area contributed by atoms with Crippen molar-refractivity contribution in [3.63, 3.8) is 0 Å². The Bertz CT molecular complexity index is 183. The van der Waals surface area contributed by atoms with Gasteiger partial charge in [-0.15, -0.1) is 0 Å². The number of carbonyl (C=O) groups is 3. The van der Waals surface area contributed by atoms with Crippen LogP contribution in [0.5, 0.6) is 0 Å². The van der Waals surface area contributed by atoms with E-state index in [-0.39, 0.29) is 6.42 Å². The van der Waals surface area contributed by atoms with Gasteiger partial charge in [0.25, 0.3) is 0 Å². The third-order valence-electron chi connectivity index (χ3n) is 0.949. The number of Topliss-reactive ketones (excluding diaryl/α,β-unsaturated/α-hetero) is 1. The molecule has 0 aliphatic heterocycles. The lowest BCUT2D eigenvalue weighted by Gasteiger charge is -2.01. The molecular formula is C6H6O5-2. The molecule has 0 aliphatic carbocycles. The molecule has 11 heavy (non-hydrogen) atoms. The smallest absolute Gasteiger partial charge is 0.138 e. The molecule has 0 aromatic carbocycles. The molecule has 5 heteroatoms. The maximum absolute atomic E-state index is 10.4. The van der Waals surface area contributed by atoms with E-state index in [9.17, 15) is 24.6 Å². The maximum atomic E-state index is 10.4. The molecule has 0 aromatic rings. The van der Waals surface area contributed by atoms with Crippen molar-refractivity contribution in [3.8, 4) is 0 Å². The summed E-state index contributed by atoms with van der Waals surface area (Å²) in [6.45, 7) is 0. The largest absolute Gasteiger partial charge is 0.550 e. The standard InChI is InChI=1S/C6H8O5/c7-4(3-6(10)11)1-2-5(8)9/h1-3H2,(H,8,9)(H,10,11)/p-2. The van der Waals surface area contributed by atoms with Gasteiger partial charge in [0.05, 0.1) is 0 Å². The molecule has 0 amide bonds. The van der Waals surface area contributed by atoms with E-state index in [2.05, 4.69) is 0 Å². The van der Waals surface area contributed by atoms with Crippen LogP contribution in [-0.2, 0) is 14.4 Å². The number of hydrogen-bond donors (Lipinski definition) is 0. The number of carbonyl (C=O) groups excluding carboxylic acids is 3. The molecule has 0 bridgehead atoms. The van der Waals surface area contributed by atoms with Crippen LogP contribution in [0.2, 0.25) is 0 Å². The topological polar surface area (TPSA) is 97.3 Å². The minimum atomic E-state index is -1.49. The minimum absolute atomic E-state index is 0.309. The first-order valence-electron chi connectivity index (χ1n) is 2.93. The summed E-state index contributed by atoms with van der Waals surface area (Å²) >= 11 is 0. The second-order valence-corrected chi connectivity index (χ2v) is 1.96. The van der Waals surface area contributed by atoms with E-state index >= 15 is 0 Å². The second-order valence-electron chi connectivity index (χ2n) is 1.96. The Hall–Kier alpha value is -1.39. The van der Waals surface area contributed by atoms with E-state index in [1.54, 1.807) is 0 Å². The van der Waals surface area contributed by atoms with Gasteiger partial charge >= 0.3 is 0 Å². The number of ketones is 1. The van der Waals surface area contributed by atoms with Crippen LogP contribution in [-0.4, -0.2) is 17.7 Å². The minimum Gasteiger partial charge on any atom is -0.550 e. The molecule has 5 nitrogen and oxygen atoms in total. The Morgan fingerprint density at radius 1 is 0.909 bits per heavy atom. The van der Waals surface area contributed by atoms with Crippen LogP contribution in [0.3, 0.4) is 0 Å². The Morgan fingerprint density at radius 2 is 1.45 bits per heavy atom. The average molecular weight is 158 g/mol. The van der Waals surface area contributed by atoms with Crippen LogP contribution < -0.4 is 10.2 Å². The summed E-state index contributed by atoms with van der Waals surface area (Å²) in [5.41, 5.74) is 0. The van der Waals surface area contributed by atoms with Gasteiger partial charge in [-0.1, -0.05) is 0 Å². The molecule has 0 spiro atoms. The van der Waals surface area contributed by atoms with Crippen molar-refractivity contribution in [2.75, 3.05) is 0 Å². The quantitative estimate of drug-likeness (QED) is 0.403. The highest BCUT2D eigenvalue weighted by Gasteiger charge is 2.01. The highest BCUT2D eigenvalue weighted by Crippen LogP contribution is 1.92. The molecule has 0 heterocycles. The third kappa shape index (κ3) is 6.50. The van der Waals surface area contributed by atoms with Crippen molar-refractivity contribution in [1.29, 1.82) is 0 Å². The molecular weight excluding hydrogens is 152 g/mol. The number of aliphatic carboxylic acids is 2. The fourth-order valence-electron chi connectivity index (χ4n) is 0.491. The van der Waals surface area contributed by atoms with Crippen molar-refractivity contribution in [2.24, 2.45) is 0 Å². The van der Waals surface area contributed by atoms with Crippen LogP contribution in [0.1, 0.15) is 19.3 Å². The first-order valence-corrected chi connectivity index (χ1v) is 2.93. The summed E-state index contributed by atoms with van der Waals surface area (Å²) in [6, 6.07) is 0. The molecule has 0 fully saturated rings. The van der Waals surface area contributed by atoms with Gasteiger partial charge in [-0.3, -0.25) is 4.79 Å². The Balaban J connectivity index is 3.53. The van der Waals surface area contributed by atoms with Gasteiger partial charge in [0.15, 0.2) is 0 Å². The Labute approximate surface area is 62.6 Å². The van der Waals surface area contributed by atoms with Crippen LogP contribution in [0.4, 0.5) is 0 Å². The van der Waals surface area contributed by atoms with Gasteiger partial charge < -0.3 is 19.8 Å². The van der Waals surface area contributed by atoms with Crippen molar-refractivity contribution >= 4 is 17.7 Å². The van der Waals surface area contributed by atoms with E-state index in [1.165, 1.54) is 0 Å². The van der Waals surface area contributed by atoms with Gasteiger partial charge in [-0.2, -0.15) is 0 Å². The summed E-state index contributed by atoms with van der Waals surface area (Å²) < 4.78 is 0. The van der Waals surface area contributed by atoms with Crippen molar-refractivity contribution in [2.45, 2.75) is 19.3 Å². The van der Waals surface area contributed by atoms with Gasteiger partial charge in [0.1, 0.15) is 5.78 Å². The van der Waals surface area contributed by atoms with Crippen LogP contribution in [0.25, 0.3) is 0 Å². The lowest BCUT2D eigenvalue weighted by molar-refractivity contribution is -0.307. The summed E-state index contributed by atoms with van der Waals surface area (Å²) in [7, 11) is 0. The zero-order valence-corrected chi connectivity index (χ0v) is 5.66. The Morgan fingerprint density at radius 3 is 1.82 bits per heavy atom. The summed E-state index contributed by atoms with van der Waals surface area (Å²) in [5.74, 6) is -3.51. The Kier molecular flexibility index (Phi) is 3.87. The molecule has 0 atom stereocenters. The molecule has 0 saturated carbocycles. The van der Waals surface area contributed by atoms with Gasteiger partial charge in [-0.25, -0.2) is 0 Å². The molecule has 0 saturated heterocycles. The number of rotatable bonds is 5. The van der Waals surface area contributed by atoms with E-state index < -0.39 is 30.6 Å². The van der Waals surface area contributed by atoms with Gasteiger partial charge in [-0.05, 0) is 6.42 Å². The lowest BCUT2D eigenvalue weighted by Crippen LogP contribution is -2.27. The predicted molar refractivity (Wildman–Crippen MR) is 28.9 cm³/mol. The van der Waals surface area contributed by atoms with Gasteiger partial charge in [0, 0.05) is 24.8 Å². The molecule has 0 rings (SSSR count). The van der Waals surface area contributed by atoms with E-state index in [4.69, 9.17) is 0 Å². The monoisotopic (exact) mass is 158 g/mol. The average Bonchev–Trinajstić information content (AvgIpc) is 1.82. The maximum Gasteiger partial charge on any atom is 0.138 e. The van der Waals surface area contributed by atoms with Gasteiger partial charge in [0.2, 0.25) is 0 Å². The van der Waals surface area contributed by atoms with Crippen molar-refractivity contribution in [1.82, 2.24) is 0 Å². The summed E-state index contributed by atoms with van der Waals surface area (Å²) in [4.78, 5) is 30.0. The van der Waals surface area contributed by atoms with E-state index in [1.807, 2.05) is 0 Å². The number of carboxylic acid groups (broad SMARTS) is 2. The fraction of sp³-hybridized carbons (Fsp3) is 0.500. The highest BCUT2D eigenvalue weighted by molar-refractivity contribution is 5.94. The van der Waals surface area contributed by atoms with E-state index in [0.717, 1.165) is 0 Å². The fourth-order valence-corrected chi connectivity index (χ4v) is 0.491. The SMILES string of the molecule is O=C([O-])CCC(=O)CC(=O)[O-]. The molecule has 0 N–H and O–H groups in total. The highest BCUT2D eigenvalue weighted by atomic mass is 16.4. The van der Waals surface area contributed by atoms with Crippen molar-refractivity contribution in [3.05, 3.63) is 0 Å². The third-order valence-corrected chi connectivity index (χ3v) is 0.949. The molecule has 0 radical (unpaired) electrons. The second kappa shape index (κ2) is 4.43.